The van der Waals surface area contributed by atoms with Gasteiger partial charge in [-0.25, -0.2) is 0 Å². The summed E-state index contributed by atoms with van der Waals surface area (Å²) in [4.78, 5) is 12.7. The van der Waals surface area contributed by atoms with E-state index >= 15 is 0 Å². The molecule has 76 valence electrons. The highest BCUT2D eigenvalue weighted by molar-refractivity contribution is 5.83. The van der Waals surface area contributed by atoms with Gasteiger partial charge >= 0.3 is 12.0 Å². The van der Waals surface area contributed by atoms with E-state index in [2.05, 4.69) is 10.2 Å². The van der Waals surface area contributed by atoms with Gasteiger partial charge in [-0.05, 0) is 12.8 Å². The maximum absolute atomic E-state index is 11.1. The average molecular weight is 197 g/mol. The molecule has 1 unspecified atom stereocenters. The lowest BCUT2D eigenvalue weighted by molar-refractivity contribution is -0.119. The molecule has 1 amide bonds. The number of hydrogen-bond donors (Lipinski definition) is 2. The van der Waals surface area contributed by atoms with Crippen LogP contribution < -0.4 is 16.4 Å². The van der Waals surface area contributed by atoms with Gasteiger partial charge in [0, 0.05) is 6.54 Å². The Labute approximate surface area is 80.1 Å². The number of nitrogens with two attached hydrogens (primary N) is 2. The lowest BCUT2D eigenvalue weighted by Crippen LogP contribution is -2.40. The minimum Gasteiger partial charge on any atom is -0.390 e. The Balaban J connectivity index is 2.21. The molecule has 1 atom stereocenters. The third-order valence-corrected chi connectivity index (χ3v) is 2.26. The number of carbonyl (C=O) groups excluding carboxylic acids is 1. The van der Waals surface area contributed by atoms with E-state index in [9.17, 15) is 4.79 Å². The number of amides is 1. The van der Waals surface area contributed by atoms with Crippen LogP contribution in [-0.4, -0.2) is 28.7 Å². The molecule has 0 saturated carbocycles. The minimum atomic E-state index is -0.376. The maximum Gasteiger partial charge on any atom is 0.320 e. The highest BCUT2D eigenvalue weighted by Crippen LogP contribution is 2.24. The zero-order valence-electron chi connectivity index (χ0n) is 7.51. The number of aromatic nitrogens is 2. The predicted octanol–water partition coefficient (Wildman–Crippen LogP) is -0.894. The third-order valence-electron chi connectivity index (χ3n) is 2.26. The van der Waals surface area contributed by atoms with E-state index in [1.54, 1.807) is 4.90 Å². The monoisotopic (exact) mass is 197 g/mol. The van der Waals surface area contributed by atoms with Gasteiger partial charge in [0.25, 0.3) is 0 Å². The molecule has 0 aliphatic carbocycles. The smallest absolute Gasteiger partial charge is 0.320 e. The van der Waals surface area contributed by atoms with Crippen molar-refractivity contribution < 1.29 is 9.21 Å². The van der Waals surface area contributed by atoms with Crippen molar-refractivity contribution in [2.75, 3.05) is 17.2 Å². The molecule has 1 aromatic rings. The predicted molar refractivity (Wildman–Crippen MR) is 48.3 cm³/mol. The second kappa shape index (κ2) is 3.17. The average Bonchev–Trinajstić information content (AvgIpc) is 2.70. The molecule has 2 heterocycles. The lowest BCUT2D eigenvalue weighted by Gasteiger charge is -2.18. The minimum absolute atomic E-state index is 0.00452. The number of anilines is 2. The largest absolute Gasteiger partial charge is 0.390 e. The molecule has 1 fully saturated rings. The molecule has 2 rings (SSSR count). The molecule has 0 bridgehead atoms. The van der Waals surface area contributed by atoms with Gasteiger partial charge in [-0.2, -0.15) is 0 Å². The van der Waals surface area contributed by atoms with Crippen molar-refractivity contribution in [3.8, 4) is 0 Å². The molecule has 0 radical (unpaired) electrons. The Kier molecular flexibility index (Phi) is 1.99. The van der Waals surface area contributed by atoms with Gasteiger partial charge < -0.3 is 20.8 Å². The Hall–Kier alpha value is -1.79. The summed E-state index contributed by atoms with van der Waals surface area (Å²) in [5, 5.41) is 7.23. The van der Waals surface area contributed by atoms with E-state index in [1.165, 1.54) is 0 Å². The molecule has 7 heteroatoms. The third kappa shape index (κ3) is 1.36. The van der Waals surface area contributed by atoms with Crippen molar-refractivity contribution >= 4 is 17.9 Å². The first kappa shape index (κ1) is 8.79. The zero-order chi connectivity index (χ0) is 10.1. The van der Waals surface area contributed by atoms with Crippen LogP contribution in [0.5, 0.6) is 0 Å². The fraction of sp³-hybridized carbons (Fsp3) is 0.571. The number of primary amides is 1. The Morgan fingerprint density at radius 3 is 2.93 bits per heavy atom. The quantitative estimate of drug-likeness (QED) is 0.635. The van der Waals surface area contributed by atoms with E-state index in [-0.39, 0.29) is 24.0 Å². The molecule has 0 aromatic carbocycles. The highest BCUT2D eigenvalue weighted by Gasteiger charge is 2.32. The molecule has 1 aliphatic rings. The van der Waals surface area contributed by atoms with Crippen LogP contribution in [0, 0.1) is 0 Å². The van der Waals surface area contributed by atoms with Crippen LogP contribution in [0.2, 0.25) is 0 Å². The van der Waals surface area contributed by atoms with Gasteiger partial charge in [0.1, 0.15) is 6.04 Å². The number of nitrogen functional groups attached to an aromatic ring is 1. The summed E-state index contributed by atoms with van der Waals surface area (Å²) in [5.41, 5.74) is 10.5. The van der Waals surface area contributed by atoms with Gasteiger partial charge in [-0.15, -0.1) is 0 Å². The van der Waals surface area contributed by atoms with Crippen molar-refractivity contribution in [2.45, 2.75) is 18.9 Å². The van der Waals surface area contributed by atoms with E-state index in [4.69, 9.17) is 15.9 Å². The first-order valence-corrected chi connectivity index (χ1v) is 4.33. The van der Waals surface area contributed by atoms with Crippen molar-refractivity contribution in [3.63, 3.8) is 0 Å². The summed E-state index contributed by atoms with van der Waals surface area (Å²) in [6.45, 7) is 0.690. The van der Waals surface area contributed by atoms with Crippen LogP contribution in [-0.2, 0) is 4.79 Å². The van der Waals surface area contributed by atoms with Gasteiger partial charge in [0.05, 0.1) is 0 Å². The normalized spacial score (nSPS) is 21.4. The number of nitrogens with zero attached hydrogens (tertiary/aromatic N) is 3. The number of hydrogen-bond acceptors (Lipinski definition) is 6. The van der Waals surface area contributed by atoms with Crippen LogP contribution >= 0.6 is 0 Å². The summed E-state index contributed by atoms with van der Waals surface area (Å²) < 4.78 is 5.02. The van der Waals surface area contributed by atoms with Crippen LogP contribution in [0.3, 0.4) is 0 Å². The summed E-state index contributed by atoms with van der Waals surface area (Å²) in [6, 6.07) is -0.0891. The van der Waals surface area contributed by atoms with Gasteiger partial charge in [0.15, 0.2) is 0 Å². The molecular formula is C7H11N5O2. The molecule has 1 aliphatic heterocycles. The molecular weight excluding hydrogens is 186 g/mol. The molecule has 14 heavy (non-hydrogen) atoms. The van der Waals surface area contributed by atoms with E-state index < -0.39 is 0 Å². The van der Waals surface area contributed by atoms with Gasteiger partial charge in [0.2, 0.25) is 5.91 Å². The van der Waals surface area contributed by atoms with E-state index in [1.807, 2.05) is 0 Å². The van der Waals surface area contributed by atoms with Crippen LogP contribution in [0.25, 0.3) is 0 Å². The second-order valence-electron chi connectivity index (χ2n) is 3.18. The highest BCUT2D eigenvalue weighted by atomic mass is 16.4. The molecule has 1 saturated heterocycles. The molecule has 1 aromatic heterocycles. The first-order valence-electron chi connectivity index (χ1n) is 4.33. The van der Waals surface area contributed by atoms with Crippen molar-refractivity contribution in [3.05, 3.63) is 0 Å². The van der Waals surface area contributed by atoms with Crippen LogP contribution in [0.4, 0.5) is 12.0 Å². The summed E-state index contributed by atoms with van der Waals surface area (Å²) in [5.74, 6) is -0.376. The Morgan fingerprint density at radius 1 is 1.57 bits per heavy atom. The van der Waals surface area contributed by atoms with Crippen LogP contribution in [0.1, 0.15) is 12.8 Å². The fourth-order valence-corrected chi connectivity index (χ4v) is 1.63. The Bertz CT molecular complexity index is 350. The summed E-state index contributed by atoms with van der Waals surface area (Å²) in [6.07, 6.45) is 1.60. The number of rotatable bonds is 2. The maximum atomic E-state index is 11.1. The topological polar surface area (TPSA) is 111 Å². The Morgan fingerprint density at radius 2 is 2.36 bits per heavy atom. The van der Waals surface area contributed by atoms with Crippen LogP contribution in [0.15, 0.2) is 4.42 Å². The van der Waals surface area contributed by atoms with E-state index in [0.717, 1.165) is 12.8 Å². The first-order chi connectivity index (χ1) is 6.68. The SMILES string of the molecule is NC(=O)C1CCCN1c1nnc(N)o1. The molecule has 4 N–H and O–H groups in total. The van der Waals surface area contributed by atoms with Gasteiger partial charge in [-0.1, -0.05) is 10.2 Å². The van der Waals surface area contributed by atoms with Gasteiger partial charge in [-0.3, -0.25) is 4.79 Å². The molecule has 0 spiro atoms. The second-order valence-corrected chi connectivity index (χ2v) is 3.18. The lowest BCUT2D eigenvalue weighted by atomic mass is 10.2. The van der Waals surface area contributed by atoms with E-state index in [0.29, 0.717) is 6.54 Å². The summed E-state index contributed by atoms with van der Waals surface area (Å²) in [7, 11) is 0. The van der Waals surface area contributed by atoms with Crippen molar-refractivity contribution in [1.82, 2.24) is 10.2 Å². The van der Waals surface area contributed by atoms with Crippen molar-refractivity contribution in [1.29, 1.82) is 0 Å². The summed E-state index contributed by atoms with van der Waals surface area (Å²) >= 11 is 0. The van der Waals surface area contributed by atoms with Crippen molar-refractivity contribution in [2.24, 2.45) is 5.73 Å². The molecule has 7 nitrogen and oxygen atoms in total. The standard InChI is InChI=1S/C7H11N5O2/c8-5(13)4-2-1-3-12(4)7-11-10-6(9)14-7/h4H,1-3H2,(H2,8,13)(H2,9,10). The number of carbonyl (C=O) groups is 1. The zero-order valence-corrected chi connectivity index (χ0v) is 7.51. The fourth-order valence-electron chi connectivity index (χ4n) is 1.63.